The van der Waals surface area contributed by atoms with Crippen molar-refractivity contribution in [3.63, 3.8) is 0 Å². The van der Waals surface area contributed by atoms with Crippen LogP contribution < -0.4 is 19.8 Å². The van der Waals surface area contributed by atoms with E-state index in [4.69, 9.17) is 20.0 Å². The minimum atomic E-state index is -3.93. The van der Waals surface area contributed by atoms with Gasteiger partial charge in [0.25, 0.3) is 0 Å². The number of rotatable bonds is 7. The van der Waals surface area contributed by atoms with Crippen LogP contribution in [-0.2, 0) is 16.8 Å². The number of halogens is 1. The van der Waals surface area contributed by atoms with Gasteiger partial charge in [0.2, 0.25) is 0 Å². The van der Waals surface area contributed by atoms with E-state index in [1.165, 1.54) is 26.2 Å². The highest BCUT2D eigenvalue weighted by molar-refractivity contribution is 9.10. The summed E-state index contributed by atoms with van der Waals surface area (Å²) < 4.78 is 35.8. The molecule has 0 saturated heterocycles. The lowest BCUT2D eigenvalue weighted by atomic mass is 10.1. The lowest BCUT2D eigenvalue weighted by Crippen LogP contribution is -2.30. The topological polar surface area (TPSA) is 109 Å². The fourth-order valence-electron chi connectivity index (χ4n) is 2.14. The van der Waals surface area contributed by atoms with Gasteiger partial charge >= 0.3 is 10.3 Å². The molecule has 0 saturated carbocycles. The third-order valence-corrected chi connectivity index (χ3v) is 5.47. The van der Waals surface area contributed by atoms with Crippen LogP contribution in [0.5, 0.6) is 11.5 Å². The summed E-state index contributed by atoms with van der Waals surface area (Å²) in [5, 5.41) is 10.4. The van der Waals surface area contributed by atoms with Crippen molar-refractivity contribution in [1.82, 2.24) is 4.31 Å². The van der Waals surface area contributed by atoms with Crippen molar-refractivity contribution in [3.05, 3.63) is 52.0 Å². The van der Waals surface area contributed by atoms with Crippen molar-refractivity contribution < 1.29 is 17.3 Å². The number of hydrogen-bond donors (Lipinski definition) is 1. The van der Waals surface area contributed by atoms with E-state index in [1.807, 2.05) is 6.07 Å². The number of benzene rings is 2. The van der Waals surface area contributed by atoms with Crippen LogP contribution in [0.15, 0.2) is 40.9 Å². The summed E-state index contributed by atoms with van der Waals surface area (Å²) in [4.78, 5) is 0. The minimum Gasteiger partial charge on any atom is -0.493 e. The average molecular weight is 455 g/mol. The number of nitriles is 1. The van der Waals surface area contributed by atoms with Gasteiger partial charge in [-0.3, -0.25) is 0 Å². The number of hydrazine groups is 1. The lowest BCUT2D eigenvalue weighted by molar-refractivity contribution is 0.375. The van der Waals surface area contributed by atoms with Gasteiger partial charge in [0.15, 0.2) is 11.5 Å². The summed E-state index contributed by atoms with van der Waals surface area (Å²) in [6.45, 7) is 0.321. The summed E-state index contributed by atoms with van der Waals surface area (Å²) in [5.41, 5.74) is 2.03. The molecule has 2 N–H and O–H groups in total. The summed E-state index contributed by atoms with van der Waals surface area (Å²) in [5.74, 6) is 6.40. The molecule has 0 atom stereocenters. The van der Waals surface area contributed by atoms with Gasteiger partial charge in [0.1, 0.15) is 0 Å². The highest BCUT2D eigenvalue weighted by Gasteiger charge is 2.22. The highest BCUT2D eigenvalue weighted by Crippen LogP contribution is 2.38. The van der Waals surface area contributed by atoms with Crippen LogP contribution in [-0.4, -0.2) is 33.9 Å². The van der Waals surface area contributed by atoms with Gasteiger partial charge in [-0.25, -0.2) is 5.84 Å². The Labute approximate surface area is 167 Å². The van der Waals surface area contributed by atoms with Crippen molar-refractivity contribution >= 4 is 31.9 Å². The predicted molar refractivity (Wildman–Crippen MR) is 105 cm³/mol. The van der Waals surface area contributed by atoms with Crippen LogP contribution >= 0.6 is 15.9 Å². The number of nitrogens with two attached hydrogens (primary N) is 1. The molecular formula is C17H19BrN4O4S. The second-order valence-corrected chi connectivity index (χ2v) is 8.33. The Morgan fingerprint density at radius 3 is 2.37 bits per heavy atom. The van der Waals surface area contributed by atoms with Crippen LogP contribution in [0.1, 0.15) is 11.1 Å². The van der Waals surface area contributed by atoms with Crippen LogP contribution in [0.2, 0.25) is 0 Å². The predicted octanol–water partition coefficient (Wildman–Crippen LogP) is 2.39. The van der Waals surface area contributed by atoms with Crippen molar-refractivity contribution in [3.8, 4) is 17.6 Å². The van der Waals surface area contributed by atoms with E-state index < -0.39 is 10.3 Å². The minimum absolute atomic E-state index is 0.0527. The zero-order valence-electron chi connectivity index (χ0n) is 15.0. The van der Waals surface area contributed by atoms with Crippen LogP contribution in [0.3, 0.4) is 0 Å². The molecule has 27 heavy (non-hydrogen) atoms. The molecule has 2 aromatic rings. The van der Waals surface area contributed by atoms with Gasteiger partial charge < -0.3 is 13.9 Å². The maximum atomic E-state index is 12.0. The number of anilines is 1. The van der Waals surface area contributed by atoms with Gasteiger partial charge in [0.05, 0.1) is 35.4 Å². The molecule has 0 unspecified atom stereocenters. The molecule has 0 heterocycles. The number of nitrogens with zero attached hydrogens (tertiary/aromatic N) is 3. The first-order chi connectivity index (χ1) is 12.7. The Balaban J connectivity index is 2.28. The molecule has 0 aliphatic rings. The summed E-state index contributed by atoms with van der Waals surface area (Å²) in [6, 6.07) is 12.2. The molecule has 144 valence electrons. The van der Waals surface area contributed by atoms with E-state index in [0.717, 1.165) is 15.6 Å². The molecule has 2 aromatic carbocycles. The number of hydrogen-bond acceptors (Lipinski definition) is 7. The molecule has 0 amide bonds. The maximum Gasteiger partial charge on any atom is 0.384 e. The van der Waals surface area contributed by atoms with Crippen LogP contribution in [0.25, 0.3) is 0 Å². The second kappa shape index (κ2) is 8.58. The second-order valence-electron chi connectivity index (χ2n) is 5.72. The van der Waals surface area contributed by atoms with Crippen molar-refractivity contribution in [2.45, 2.75) is 6.54 Å². The molecule has 0 radical (unpaired) electrons. The fourth-order valence-corrected chi connectivity index (χ4v) is 3.35. The van der Waals surface area contributed by atoms with Crippen molar-refractivity contribution in [2.24, 2.45) is 5.84 Å². The first kappa shape index (κ1) is 21.0. The van der Waals surface area contributed by atoms with Gasteiger partial charge in [-0.2, -0.15) is 18.0 Å². The van der Waals surface area contributed by atoms with Crippen molar-refractivity contribution in [1.29, 1.82) is 5.26 Å². The summed E-state index contributed by atoms with van der Waals surface area (Å²) in [6.07, 6.45) is 0. The zero-order valence-corrected chi connectivity index (χ0v) is 17.4. The summed E-state index contributed by atoms with van der Waals surface area (Å²) in [7, 11) is 0.226. The Kier molecular flexibility index (Phi) is 6.67. The fraction of sp³-hybridized carbons (Fsp3) is 0.235. The molecule has 0 fully saturated rings. The van der Waals surface area contributed by atoms with Crippen LogP contribution in [0.4, 0.5) is 5.69 Å². The van der Waals surface area contributed by atoms with E-state index in [0.29, 0.717) is 16.6 Å². The Bertz CT molecular complexity index is 956. The molecule has 0 aliphatic heterocycles. The highest BCUT2D eigenvalue weighted by atomic mass is 79.9. The largest absolute Gasteiger partial charge is 0.493 e. The first-order valence-electron chi connectivity index (χ1n) is 7.68. The SMILES string of the molecule is COc1cc(CN(N)c2ccc(C#N)cc2)cc(Br)c1OS(=O)(=O)N(C)C. The molecule has 8 nitrogen and oxygen atoms in total. The average Bonchev–Trinajstić information content (AvgIpc) is 2.63. The van der Waals surface area contributed by atoms with E-state index in [1.54, 1.807) is 36.4 Å². The number of methoxy groups -OCH3 is 1. The van der Waals surface area contributed by atoms with E-state index in [-0.39, 0.29) is 11.5 Å². The molecular weight excluding hydrogens is 436 g/mol. The maximum absolute atomic E-state index is 12.0. The lowest BCUT2D eigenvalue weighted by Gasteiger charge is -2.21. The monoisotopic (exact) mass is 454 g/mol. The van der Waals surface area contributed by atoms with Crippen LogP contribution in [0, 0.1) is 11.3 Å². The van der Waals surface area contributed by atoms with Gasteiger partial charge in [-0.1, -0.05) is 0 Å². The normalized spacial score (nSPS) is 11.1. The molecule has 0 spiro atoms. The first-order valence-corrected chi connectivity index (χ1v) is 9.84. The van der Waals surface area contributed by atoms with E-state index in [2.05, 4.69) is 15.9 Å². The zero-order chi connectivity index (χ0) is 20.2. The van der Waals surface area contributed by atoms with Gasteiger partial charge in [0, 0.05) is 14.1 Å². The van der Waals surface area contributed by atoms with E-state index >= 15 is 0 Å². The smallest absolute Gasteiger partial charge is 0.384 e. The molecule has 0 aliphatic carbocycles. The molecule has 2 rings (SSSR count). The Morgan fingerprint density at radius 2 is 1.85 bits per heavy atom. The summed E-state index contributed by atoms with van der Waals surface area (Å²) >= 11 is 3.32. The molecule has 10 heteroatoms. The third-order valence-electron chi connectivity index (χ3n) is 3.61. The Hall–Kier alpha value is -2.32. The van der Waals surface area contributed by atoms with Crippen molar-refractivity contribution in [2.75, 3.05) is 26.2 Å². The van der Waals surface area contributed by atoms with Gasteiger partial charge in [-0.05, 0) is 57.9 Å². The van der Waals surface area contributed by atoms with Gasteiger partial charge in [-0.15, -0.1) is 0 Å². The van der Waals surface area contributed by atoms with E-state index in [9.17, 15) is 8.42 Å². The molecule has 0 bridgehead atoms. The quantitative estimate of drug-likeness (QED) is 0.505. The number of ether oxygens (including phenoxy) is 1. The third kappa shape index (κ3) is 5.11. The molecule has 0 aromatic heterocycles. The standard InChI is InChI=1S/C17H19BrN4O4S/c1-21(2)27(23,24)26-17-15(18)8-13(9-16(17)25-3)11-22(20)14-6-4-12(10-19)5-7-14/h4-9H,11,20H2,1-3H3. The Morgan fingerprint density at radius 1 is 1.22 bits per heavy atom.